The molecule has 94 valence electrons. The molecule has 5 nitrogen and oxygen atoms in total. The fourth-order valence-electron chi connectivity index (χ4n) is 1.87. The molecule has 1 unspecified atom stereocenters. The molecule has 0 saturated carbocycles. The molecule has 2 heterocycles. The molecule has 0 spiro atoms. The van der Waals surface area contributed by atoms with Crippen molar-refractivity contribution in [2.75, 3.05) is 38.2 Å². The lowest BCUT2D eigenvalue weighted by atomic mass is 10.3. The van der Waals surface area contributed by atoms with Crippen LogP contribution < -0.4 is 5.32 Å². The van der Waals surface area contributed by atoms with Crippen LogP contribution in [0.5, 0.6) is 0 Å². The molecule has 1 atom stereocenters. The molecule has 1 N–H and O–H groups in total. The molecule has 0 bridgehead atoms. The second-order valence-corrected chi connectivity index (χ2v) is 5.34. The van der Waals surface area contributed by atoms with Gasteiger partial charge >= 0.3 is 0 Å². The zero-order valence-corrected chi connectivity index (χ0v) is 12.1. The third kappa shape index (κ3) is 4.04. The molecule has 0 radical (unpaired) electrons. The molecule has 0 amide bonds. The quantitative estimate of drug-likeness (QED) is 0.830. The Kier molecular flexibility index (Phi) is 4.93. The van der Waals surface area contributed by atoms with E-state index in [-0.39, 0.29) is 0 Å². The van der Waals surface area contributed by atoms with Crippen molar-refractivity contribution in [1.82, 2.24) is 14.9 Å². The van der Waals surface area contributed by atoms with Crippen molar-refractivity contribution in [1.29, 1.82) is 0 Å². The van der Waals surface area contributed by atoms with E-state index in [4.69, 9.17) is 4.74 Å². The van der Waals surface area contributed by atoms with Gasteiger partial charge in [-0.1, -0.05) is 0 Å². The maximum Gasteiger partial charge on any atom is 0.143 e. The van der Waals surface area contributed by atoms with E-state index in [0.29, 0.717) is 6.04 Å². The minimum absolute atomic E-state index is 0.372. The maximum absolute atomic E-state index is 5.33. The van der Waals surface area contributed by atoms with Crippen LogP contribution in [0, 0.1) is 3.57 Å². The summed E-state index contributed by atoms with van der Waals surface area (Å²) in [5.74, 6) is 0.918. The molecular formula is C11H17IN4O. The van der Waals surface area contributed by atoms with E-state index in [1.54, 1.807) is 6.33 Å². The summed E-state index contributed by atoms with van der Waals surface area (Å²) in [6, 6.07) is 0.372. The zero-order chi connectivity index (χ0) is 12.1. The largest absolute Gasteiger partial charge is 0.379 e. The van der Waals surface area contributed by atoms with Crippen LogP contribution in [0.4, 0.5) is 5.82 Å². The predicted octanol–water partition coefficient (Wildman–Crippen LogP) is 1.21. The molecule has 1 aliphatic rings. The Morgan fingerprint density at radius 2 is 2.29 bits per heavy atom. The molecule has 17 heavy (non-hydrogen) atoms. The van der Waals surface area contributed by atoms with Crippen LogP contribution in [0.2, 0.25) is 0 Å². The molecule has 1 saturated heterocycles. The fourth-order valence-corrected chi connectivity index (χ4v) is 2.32. The van der Waals surface area contributed by atoms with Gasteiger partial charge in [0.1, 0.15) is 12.1 Å². The summed E-state index contributed by atoms with van der Waals surface area (Å²) in [6.07, 6.45) is 3.39. The highest BCUT2D eigenvalue weighted by atomic mass is 127. The Labute approximate surface area is 115 Å². The molecule has 1 fully saturated rings. The minimum atomic E-state index is 0.372. The van der Waals surface area contributed by atoms with E-state index in [0.717, 1.165) is 42.2 Å². The highest BCUT2D eigenvalue weighted by Crippen LogP contribution is 2.13. The zero-order valence-electron chi connectivity index (χ0n) is 9.90. The second-order valence-electron chi connectivity index (χ2n) is 4.18. The summed E-state index contributed by atoms with van der Waals surface area (Å²) in [5.41, 5.74) is 0. The Morgan fingerprint density at radius 1 is 1.53 bits per heavy atom. The lowest BCUT2D eigenvalue weighted by molar-refractivity contribution is 0.0368. The van der Waals surface area contributed by atoms with E-state index < -0.39 is 0 Å². The molecule has 0 aliphatic carbocycles. The number of hydrogen-bond donors (Lipinski definition) is 1. The van der Waals surface area contributed by atoms with Gasteiger partial charge in [-0.2, -0.15) is 0 Å². The maximum atomic E-state index is 5.33. The van der Waals surface area contributed by atoms with Gasteiger partial charge in [0.2, 0.25) is 0 Å². The van der Waals surface area contributed by atoms with E-state index in [2.05, 4.69) is 49.7 Å². The van der Waals surface area contributed by atoms with E-state index in [1.165, 1.54) is 0 Å². The van der Waals surface area contributed by atoms with Gasteiger partial charge in [0, 0.05) is 31.9 Å². The van der Waals surface area contributed by atoms with Crippen LogP contribution in [-0.4, -0.2) is 53.8 Å². The topological polar surface area (TPSA) is 50.3 Å². The lowest BCUT2D eigenvalue weighted by Crippen LogP contribution is -2.42. The number of nitrogens with one attached hydrogen (secondary N) is 1. The van der Waals surface area contributed by atoms with Crippen LogP contribution in [0.25, 0.3) is 0 Å². The molecule has 6 heteroatoms. The number of rotatable bonds is 4. The normalized spacial score (nSPS) is 18.9. The van der Waals surface area contributed by atoms with E-state index in [1.807, 2.05) is 6.20 Å². The Balaban J connectivity index is 1.84. The number of anilines is 1. The Morgan fingerprint density at radius 3 is 3.00 bits per heavy atom. The highest BCUT2D eigenvalue weighted by Gasteiger charge is 2.14. The molecule has 1 aromatic rings. The van der Waals surface area contributed by atoms with Gasteiger partial charge < -0.3 is 10.1 Å². The summed E-state index contributed by atoms with van der Waals surface area (Å²) < 4.78 is 6.39. The third-order valence-electron chi connectivity index (χ3n) is 2.69. The molecule has 1 aromatic heterocycles. The van der Waals surface area contributed by atoms with Gasteiger partial charge in [-0.3, -0.25) is 4.90 Å². The smallest absolute Gasteiger partial charge is 0.143 e. The second kappa shape index (κ2) is 6.46. The van der Waals surface area contributed by atoms with Crippen molar-refractivity contribution in [3.05, 3.63) is 16.1 Å². The Hall–Kier alpha value is -0.470. The van der Waals surface area contributed by atoms with E-state index >= 15 is 0 Å². The molecular weight excluding hydrogens is 331 g/mol. The van der Waals surface area contributed by atoms with E-state index in [9.17, 15) is 0 Å². The number of hydrogen-bond acceptors (Lipinski definition) is 5. The van der Waals surface area contributed by atoms with Crippen LogP contribution in [0.15, 0.2) is 12.5 Å². The summed E-state index contributed by atoms with van der Waals surface area (Å²) in [5, 5.41) is 3.42. The van der Waals surface area contributed by atoms with Gasteiger partial charge in [0.05, 0.1) is 16.8 Å². The van der Waals surface area contributed by atoms with Gasteiger partial charge in [0.15, 0.2) is 0 Å². The van der Waals surface area contributed by atoms with Crippen molar-refractivity contribution < 1.29 is 4.74 Å². The predicted molar refractivity (Wildman–Crippen MR) is 75.1 cm³/mol. The average molecular weight is 348 g/mol. The third-order valence-corrected chi connectivity index (χ3v) is 3.48. The first kappa shape index (κ1) is 13.0. The minimum Gasteiger partial charge on any atom is -0.379 e. The van der Waals surface area contributed by atoms with Crippen molar-refractivity contribution in [3.8, 4) is 0 Å². The van der Waals surface area contributed by atoms with Gasteiger partial charge in [-0.05, 0) is 29.5 Å². The van der Waals surface area contributed by atoms with Crippen molar-refractivity contribution in [3.63, 3.8) is 0 Å². The van der Waals surface area contributed by atoms with Gasteiger partial charge in [-0.15, -0.1) is 0 Å². The lowest BCUT2D eigenvalue weighted by Gasteiger charge is -2.29. The summed E-state index contributed by atoms with van der Waals surface area (Å²) >= 11 is 2.24. The number of nitrogens with zero attached hydrogens (tertiary/aromatic N) is 3. The number of aromatic nitrogens is 2. The highest BCUT2D eigenvalue weighted by molar-refractivity contribution is 14.1. The summed E-state index contributed by atoms with van der Waals surface area (Å²) in [4.78, 5) is 10.6. The van der Waals surface area contributed by atoms with Gasteiger partial charge in [-0.25, -0.2) is 9.97 Å². The summed E-state index contributed by atoms with van der Waals surface area (Å²) in [7, 11) is 0. The first-order valence-electron chi connectivity index (χ1n) is 5.78. The molecule has 2 rings (SSSR count). The standard InChI is InChI=1S/C11H17IN4O/c1-9(7-16-2-4-17-5-3-16)15-11-10(12)6-13-8-14-11/h6,8-9H,2-5,7H2,1H3,(H,13,14,15). The molecule has 1 aliphatic heterocycles. The first-order valence-corrected chi connectivity index (χ1v) is 6.85. The van der Waals surface area contributed by atoms with Crippen LogP contribution >= 0.6 is 22.6 Å². The van der Waals surface area contributed by atoms with Crippen molar-refractivity contribution in [2.45, 2.75) is 13.0 Å². The number of halogens is 1. The van der Waals surface area contributed by atoms with Crippen LogP contribution in [0.1, 0.15) is 6.92 Å². The molecule has 0 aromatic carbocycles. The SMILES string of the molecule is CC(CN1CCOCC1)Nc1ncncc1I. The number of ether oxygens (including phenoxy) is 1. The fraction of sp³-hybridized carbons (Fsp3) is 0.636. The van der Waals surface area contributed by atoms with Crippen molar-refractivity contribution in [2.24, 2.45) is 0 Å². The Bertz CT molecular complexity index is 357. The average Bonchev–Trinajstić information content (AvgIpc) is 2.33. The number of morpholine rings is 1. The van der Waals surface area contributed by atoms with Crippen molar-refractivity contribution >= 4 is 28.4 Å². The monoisotopic (exact) mass is 348 g/mol. The summed E-state index contributed by atoms with van der Waals surface area (Å²) in [6.45, 7) is 6.92. The van der Waals surface area contributed by atoms with Crippen LogP contribution in [0.3, 0.4) is 0 Å². The first-order chi connectivity index (χ1) is 8.25. The van der Waals surface area contributed by atoms with Gasteiger partial charge in [0.25, 0.3) is 0 Å². The van der Waals surface area contributed by atoms with Crippen LogP contribution in [-0.2, 0) is 4.74 Å².